The minimum Gasteiger partial charge on any atom is -0.497 e. The molecule has 0 N–H and O–H groups in total. The van der Waals surface area contributed by atoms with E-state index in [9.17, 15) is 4.79 Å². The van der Waals surface area contributed by atoms with Gasteiger partial charge < -0.3 is 4.74 Å². The van der Waals surface area contributed by atoms with E-state index in [1.54, 1.807) is 7.11 Å². The van der Waals surface area contributed by atoms with Crippen LogP contribution in [0, 0.1) is 0 Å². The van der Waals surface area contributed by atoms with Gasteiger partial charge in [-0.1, -0.05) is 36.4 Å². The Kier molecular flexibility index (Phi) is 3.48. The van der Waals surface area contributed by atoms with Crippen LogP contribution in [0.4, 0.5) is 5.69 Å². The number of rotatable bonds is 3. The minimum atomic E-state index is -0.00269. The van der Waals surface area contributed by atoms with Crippen LogP contribution in [0.3, 0.4) is 0 Å². The van der Waals surface area contributed by atoms with Gasteiger partial charge in [0.25, 0.3) is 5.91 Å². The fourth-order valence-corrected chi connectivity index (χ4v) is 2.70. The molecule has 0 aromatic heterocycles. The second-order valence-corrected chi connectivity index (χ2v) is 4.93. The molecule has 106 valence electrons. The van der Waals surface area contributed by atoms with Crippen LogP contribution >= 0.6 is 0 Å². The summed E-state index contributed by atoms with van der Waals surface area (Å²) in [5, 5.41) is 0. The lowest BCUT2D eigenvalue weighted by molar-refractivity contribution is -0.119. The Labute approximate surface area is 124 Å². The lowest BCUT2D eigenvalue weighted by Crippen LogP contribution is -2.49. The quantitative estimate of drug-likeness (QED) is 0.633. The molecule has 0 spiro atoms. The zero-order chi connectivity index (χ0) is 14.8. The van der Waals surface area contributed by atoms with Crippen molar-refractivity contribution in [3.63, 3.8) is 0 Å². The molecule has 0 radical (unpaired) electrons. The van der Waals surface area contributed by atoms with Crippen molar-refractivity contribution in [3.8, 4) is 5.75 Å². The molecule has 2 aromatic rings. The maximum atomic E-state index is 12.4. The van der Waals surface area contributed by atoms with Crippen molar-refractivity contribution < 1.29 is 9.53 Å². The third kappa shape index (κ3) is 2.21. The second-order valence-electron chi connectivity index (χ2n) is 4.93. The number of benzene rings is 2. The van der Waals surface area contributed by atoms with Crippen LogP contribution in [0.25, 0.3) is 0 Å². The average Bonchev–Trinajstić information content (AvgIpc) is 2.54. The smallest absolute Gasteiger partial charge is 0.257 e. The van der Waals surface area contributed by atoms with Crippen molar-refractivity contribution in [3.05, 3.63) is 71.8 Å². The number of nitrogens with zero attached hydrogens (tertiary/aromatic N) is 1. The Balaban J connectivity index is 1.98. The number of ether oxygens (including phenoxy) is 1. The standard InChI is InChI=1S/C18H17NO2/c1-3-16-17(13-7-5-4-6-8-13)19(18(16)20)14-9-11-15(21-2)12-10-14/h3-12,17H,1-2H3/b16-3+. The summed E-state index contributed by atoms with van der Waals surface area (Å²) in [7, 11) is 1.63. The first-order chi connectivity index (χ1) is 10.3. The van der Waals surface area contributed by atoms with Crippen LogP contribution in [0.15, 0.2) is 66.2 Å². The van der Waals surface area contributed by atoms with Gasteiger partial charge in [-0.3, -0.25) is 9.69 Å². The first kappa shape index (κ1) is 13.4. The predicted octanol–water partition coefficient (Wildman–Crippen LogP) is 3.73. The Bertz CT molecular complexity index is 674. The summed E-state index contributed by atoms with van der Waals surface area (Å²) in [4.78, 5) is 14.2. The summed E-state index contributed by atoms with van der Waals surface area (Å²) in [6.07, 6.45) is 1.90. The van der Waals surface area contributed by atoms with Crippen molar-refractivity contribution in [2.45, 2.75) is 13.0 Å². The van der Waals surface area contributed by atoms with Gasteiger partial charge in [-0.05, 0) is 36.8 Å². The molecule has 1 heterocycles. The number of hydrogen-bond acceptors (Lipinski definition) is 2. The van der Waals surface area contributed by atoms with Gasteiger partial charge in [-0.25, -0.2) is 0 Å². The van der Waals surface area contributed by atoms with Crippen LogP contribution in [-0.4, -0.2) is 13.0 Å². The van der Waals surface area contributed by atoms with Crippen molar-refractivity contribution in [2.24, 2.45) is 0 Å². The van der Waals surface area contributed by atoms with Gasteiger partial charge in [0.1, 0.15) is 5.75 Å². The minimum absolute atomic E-state index is 0.00269. The summed E-state index contributed by atoms with van der Waals surface area (Å²) in [6, 6.07) is 17.7. The molecule has 3 nitrogen and oxygen atoms in total. The lowest BCUT2D eigenvalue weighted by Gasteiger charge is -2.43. The molecule has 1 fully saturated rings. The van der Waals surface area contributed by atoms with Crippen molar-refractivity contribution >= 4 is 11.6 Å². The Morgan fingerprint density at radius 1 is 1.05 bits per heavy atom. The lowest BCUT2D eigenvalue weighted by atomic mass is 9.87. The largest absolute Gasteiger partial charge is 0.497 e. The van der Waals surface area contributed by atoms with Gasteiger partial charge in [-0.15, -0.1) is 0 Å². The molecular weight excluding hydrogens is 262 g/mol. The van der Waals surface area contributed by atoms with E-state index in [4.69, 9.17) is 4.74 Å². The van der Waals surface area contributed by atoms with Crippen molar-refractivity contribution in [1.29, 1.82) is 0 Å². The van der Waals surface area contributed by atoms with E-state index in [0.29, 0.717) is 0 Å². The molecule has 1 aliphatic rings. The van der Waals surface area contributed by atoms with Crippen LogP contribution in [-0.2, 0) is 4.79 Å². The van der Waals surface area contributed by atoms with Gasteiger partial charge in [0.05, 0.1) is 13.2 Å². The normalized spacial score (nSPS) is 19.5. The SMILES string of the molecule is C/C=C1/C(=O)N(c2ccc(OC)cc2)C1c1ccccc1. The molecule has 2 aromatic carbocycles. The summed E-state index contributed by atoms with van der Waals surface area (Å²) in [5.41, 5.74) is 2.86. The molecule has 0 saturated carbocycles. The molecule has 3 heteroatoms. The summed E-state index contributed by atoms with van der Waals surface area (Å²) in [5.74, 6) is 0.853. The molecule has 3 rings (SSSR count). The molecular formula is C18H17NO2. The summed E-state index contributed by atoms with van der Waals surface area (Å²) in [6.45, 7) is 1.91. The molecule has 0 aliphatic carbocycles. The van der Waals surface area contributed by atoms with E-state index < -0.39 is 0 Å². The van der Waals surface area contributed by atoms with Crippen LogP contribution in [0.2, 0.25) is 0 Å². The molecule has 1 saturated heterocycles. The van der Waals surface area contributed by atoms with E-state index in [2.05, 4.69) is 12.1 Å². The number of carbonyl (C=O) groups is 1. The topological polar surface area (TPSA) is 29.5 Å². The monoisotopic (exact) mass is 279 g/mol. The van der Waals surface area contributed by atoms with E-state index >= 15 is 0 Å². The first-order valence-electron chi connectivity index (χ1n) is 6.95. The maximum Gasteiger partial charge on any atom is 0.257 e. The molecule has 1 aliphatic heterocycles. The Morgan fingerprint density at radius 2 is 1.71 bits per heavy atom. The zero-order valence-corrected chi connectivity index (χ0v) is 12.1. The van der Waals surface area contributed by atoms with Crippen molar-refractivity contribution in [2.75, 3.05) is 12.0 Å². The Hall–Kier alpha value is -2.55. The summed E-state index contributed by atoms with van der Waals surface area (Å²) < 4.78 is 5.17. The van der Waals surface area contributed by atoms with Gasteiger partial charge in [-0.2, -0.15) is 0 Å². The number of anilines is 1. The molecule has 1 amide bonds. The van der Waals surface area contributed by atoms with Gasteiger partial charge in [0, 0.05) is 11.3 Å². The molecule has 21 heavy (non-hydrogen) atoms. The number of methoxy groups -OCH3 is 1. The second kappa shape index (κ2) is 5.44. The Morgan fingerprint density at radius 3 is 2.29 bits per heavy atom. The average molecular weight is 279 g/mol. The molecule has 1 atom stereocenters. The highest BCUT2D eigenvalue weighted by Gasteiger charge is 2.43. The number of amides is 1. The van der Waals surface area contributed by atoms with E-state index in [-0.39, 0.29) is 11.9 Å². The maximum absolute atomic E-state index is 12.4. The first-order valence-corrected chi connectivity index (χ1v) is 6.95. The highest BCUT2D eigenvalue weighted by atomic mass is 16.5. The van der Waals surface area contributed by atoms with Crippen LogP contribution < -0.4 is 9.64 Å². The fourth-order valence-electron chi connectivity index (χ4n) is 2.70. The predicted molar refractivity (Wildman–Crippen MR) is 83.4 cm³/mol. The number of hydrogen-bond donors (Lipinski definition) is 0. The fraction of sp³-hybridized carbons (Fsp3) is 0.167. The number of β-lactam (4-membered cyclic amide) rings is 1. The van der Waals surface area contributed by atoms with Crippen LogP contribution in [0.1, 0.15) is 18.5 Å². The van der Waals surface area contributed by atoms with E-state index in [1.807, 2.05) is 60.4 Å². The zero-order valence-electron chi connectivity index (χ0n) is 12.1. The van der Waals surface area contributed by atoms with Crippen molar-refractivity contribution in [1.82, 2.24) is 0 Å². The summed E-state index contributed by atoms with van der Waals surface area (Å²) >= 11 is 0. The number of carbonyl (C=O) groups excluding carboxylic acids is 1. The van der Waals surface area contributed by atoms with E-state index in [1.165, 1.54) is 0 Å². The van der Waals surface area contributed by atoms with Gasteiger partial charge in [0.2, 0.25) is 0 Å². The molecule has 0 bridgehead atoms. The highest BCUT2D eigenvalue weighted by Crippen LogP contribution is 2.43. The van der Waals surface area contributed by atoms with Gasteiger partial charge >= 0.3 is 0 Å². The third-order valence-electron chi connectivity index (χ3n) is 3.80. The number of allylic oxidation sites excluding steroid dienone is 1. The molecule has 1 unspecified atom stereocenters. The highest BCUT2D eigenvalue weighted by molar-refractivity contribution is 6.15. The van der Waals surface area contributed by atoms with E-state index in [0.717, 1.165) is 22.6 Å². The third-order valence-corrected chi connectivity index (χ3v) is 3.80. The van der Waals surface area contributed by atoms with Gasteiger partial charge in [0.15, 0.2) is 0 Å². The van der Waals surface area contributed by atoms with Crippen LogP contribution in [0.5, 0.6) is 5.75 Å².